The second-order valence-corrected chi connectivity index (χ2v) is 15.0. The Morgan fingerprint density at radius 1 is 0.863 bits per heavy atom. The number of pyridine rings is 2. The van der Waals surface area contributed by atoms with Gasteiger partial charge in [0.25, 0.3) is 0 Å². The minimum atomic E-state index is -0.337. The van der Waals surface area contributed by atoms with Gasteiger partial charge < -0.3 is 5.11 Å². The van der Waals surface area contributed by atoms with E-state index in [9.17, 15) is 9.90 Å². The summed E-state index contributed by atoms with van der Waals surface area (Å²) in [4.78, 5) is 23.0. The molecule has 0 amide bonds. The molecule has 6 heteroatoms. The van der Waals surface area contributed by atoms with Gasteiger partial charge in [-0.05, 0) is 72.7 Å². The molecule has 3 aromatic heterocycles. The molecule has 0 bridgehead atoms. The zero-order valence-electron chi connectivity index (χ0n) is 30.5. The number of hydrogen-bond donors (Lipinski definition) is 1. The number of rotatable bonds is 9. The second-order valence-electron chi connectivity index (χ2n) is 13.9. The van der Waals surface area contributed by atoms with Crippen LogP contribution in [0.5, 0.6) is 0 Å². The van der Waals surface area contributed by atoms with E-state index in [-0.39, 0.29) is 42.5 Å². The molecule has 0 aliphatic heterocycles. The van der Waals surface area contributed by atoms with Crippen molar-refractivity contribution in [1.29, 1.82) is 0 Å². The first kappa shape index (κ1) is 38.3. The molecule has 3 aromatic carbocycles. The van der Waals surface area contributed by atoms with Crippen LogP contribution >= 0.6 is 11.3 Å². The number of fused-ring (bicyclic) bond motifs is 6. The normalized spacial score (nSPS) is 12.8. The van der Waals surface area contributed by atoms with Gasteiger partial charge in [-0.1, -0.05) is 107 Å². The molecule has 265 valence electrons. The molecule has 0 unspecified atom stereocenters. The number of allylic oxidation sites excluding steroid dienone is 2. The molecule has 7 rings (SSSR count). The Labute approximate surface area is 320 Å². The van der Waals surface area contributed by atoms with Crippen LogP contribution in [0.25, 0.3) is 54.4 Å². The van der Waals surface area contributed by atoms with E-state index in [1.807, 2.05) is 71.5 Å². The van der Waals surface area contributed by atoms with Gasteiger partial charge in [-0.2, -0.15) is 0 Å². The first-order chi connectivity index (χ1) is 24.2. The van der Waals surface area contributed by atoms with E-state index in [0.717, 1.165) is 55.2 Å². The summed E-state index contributed by atoms with van der Waals surface area (Å²) in [5.41, 5.74) is 7.80. The van der Waals surface area contributed by atoms with Gasteiger partial charge in [0.05, 0.1) is 0 Å². The van der Waals surface area contributed by atoms with Crippen molar-refractivity contribution in [2.45, 2.75) is 80.1 Å². The molecule has 0 atom stereocenters. The Bertz CT molecular complexity index is 2180. The van der Waals surface area contributed by atoms with E-state index >= 15 is 0 Å². The first-order valence-corrected chi connectivity index (χ1v) is 18.8. The molecule has 0 fully saturated rings. The van der Waals surface area contributed by atoms with Gasteiger partial charge >= 0.3 is 0 Å². The number of carbonyl (C=O) groups excluding carboxylic acids is 1. The Hall–Kier alpha value is -3.96. The second kappa shape index (κ2) is 16.2. The van der Waals surface area contributed by atoms with Crippen LogP contribution in [0.2, 0.25) is 0 Å². The van der Waals surface area contributed by atoms with Crippen molar-refractivity contribution in [3.63, 3.8) is 0 Å². The minimum absolute atomic E-state index is 0. The molecule has 0 saturated heterocycles. The van der Waals surface area contributed by atoms with Gasteiger partial charge in [0, 0.05) is 76.4 Å². The molecule has 0 saturated carbocycles. The number of benzene rings is 3. The monoisotopic (exact) mass is 872 g/mol. The van der Waals surface area contributed by atoms with Crippen molar-refractivity contribution >= 4 is 38.0 Å². The molecule has 3 heterocycles. The molecule has 51 heavy (non-hydrogen) atoms. The van der Waals surface area contributed by atoms with Crippen molar-refractivity contribution < 1.29 is 30.0 Å². The largest absolute Gasteiger partial charge is 0.512 e. The molecule has 4 nitrogen and oxygen atoms in total. The number of aryl methyl sites for hydroxylation is 2. The summed E-state index contributed by atoms with van der Waals surface area (Å²) in [6, 6.07) is 29.4. The number of thiophene rings is 1. The Kier molecular flexibility index (Phi) is 12.1. The third kappa shape index (κ3) is 7.51. The van der Waals surface area contributed by atoms with E-state index in [1.165, 1.54) is 54.2 Å². The van der Waals surface area contributed by atoms with Gasteiger partial charge in [-0.15, -0.1) is 34.9 Å². The standard InChI is InChI=1S/C30H19N2S.C15H28O2.Ir/c1-2-6-19(7-3-1)24-17-22(16-21-8-4-5-9-23(21)24)30-29-27(13-15-32-30)33-26-11-10-20-12-14-31-18-25(20)28(26)29;1-7-14(5,8-2)12(16)11-13(17)15(6,9-3)10-4;/h1-9,12-15,17-18H,10-11H2;11,16H,7-10H2,1-6H3;/q-1;;/b;12-11-;. The van der Waals surface area contributed by atoms with Gasteiger partial charge in [-0.25, -0.2) is 0 Å². The summed E-state index contributed by atoms with van der Waals surface area (Å²) in [5, 5.41) is 13.7. The number of aliphatic hydroxyl groups excluding tert-OH is 1. The summed E-state index contributed by atoms with van der Waals surface area (Å²) < 4.78 is 1.28. The summed E-state index contributed by atoms with van der Waals surface area (Å²) >= 11 is 1.89. The Balaban J connectivity index is 0.000000242. The fraction of sp³-hybridized carbons (Fsp3) is 0.311. The summed E-state index contributed by atoms with van der Waals surface area (Å²) in [7, 11) is 0. The Morgan fingerprint density at radius 2 is 1.55 bits per heavy atom. The topological polar surface area (TPSA) is 63.1 Å². The molecular weight excluding hydrogens is 825 g/mol. The van der Waals surface area contributed by atoms with Crippen LogP contribution in [0.3, 0.4) is 0 Å². The summed E-state index contributed by atoms with van der Waals surface area (Å²) in [6.45, 7) is 12.1. The van der Waals surface area contributed by atoms with E-state index in [2.05, 4.69) is 83.8 Å². The smallest absolute Gasteiger partial charge is 0.164 e. The van der Waals surface area contributed by atoms with Crippen LogP contribution in [0, 0.1) is 16.9 Å². The van der Waals surface area contributed by atoms with Crippen LogP contribution in [0.15, 0.2) is 103 Å². The molecule has 1 aliphatic rings. The third-order valence-electron chi connectivity index (χ3n) is 11.2. The zero-order valence-corrected chi connectivity index (χ0v) is 33.7. The predicted molar refractivity (Wildman–Crippen MR) is 211 cm³/mol. The first-order valence-electron chi connectivity index (χ1n) is 18.0. The van der Waals surface area contributed by atoms with Crippen LogP contribution < -0.4 is 0 Å². The molecule has 1 N–H and O–H groups in total. The van der Waals surface area contributed by atoms with Crippen LogP contribution in [-0.2, 0) is 37.7 Å². The van der Waals surface area contributed by atoms with Gasteiger partial charge in [-0.3, -0.25) is 14.8 Å². The van der Waals surface area contributed by atoms with Crippen molar-refractivity contribution in [3.05, 3.63) is 120 Å². The molecule has 0 spiro atoms. The average molecular weight is 872 g/mol. The van der Waals surface area contributed by atoms with Crippen LogP contribution in [-0.4, -0.2) is 20.9 Å². The number of ketones is 1. The maximum Gasteiger partial charge on any atom is 0.164 e. The minimum Gasteiger partial charge on any atom is -0.512 e. The molecule has 1 radical (unpaired) electrons. The number of nitrogens with zero attached hydrogens (tertiary/aromatic N) is 2. The van der Waals surface area contributed by atoms with Crippen LogP contribution in [0.1, 0.15) is 77.7 Å². The van der Waals surface area contributed by atoms with Crippen molar-refractivity contribution in [2.24, 2.45) is 10.8 Å². The van der Waals surface area contributed by atoms with Gasteiger partial charge in [0.1, 0.15) is 5.76 Å². The maximum absolute atomic E-state index is 12.2. The molecule has 1 aliphatic carbocycles. The van der Waals surface area contributed by atoms with E-state index in [0.29, 0.717) is 0 Å². The predicted octanol–water partition coefficient (Wildman–Crippen LogP) is 12.4. The van der Waals surface area contributed by atoms with E-state index in [1.54, 1.807) is 0 Å². The number of hydrogen-bond acceptors (Lipinski definition) is 5. The quantitative estimate of drug-likeness (QED) is 0.0893. The van der Waals surface area contributed by atoms with Gasteiger partial charge in [0.15, 0.2) is 5.78 Å². The fourth-order valence-electron chi connectivity index (χ4n) is 6.77. The number of carbonyl (C=O) groups is 1. The van der Waals surface area contributed by atoms with Crippen LogP contribution in [0.4, 0.5) is 0 Å². The number of aromatic nitrogens is 2. The average Bonchev–Trinajstić information content (AvgIpc) is 3.57. The van der Waals surface area contributed by atoms with E-state index < -0.39 is 0 Å². The molecule has 6 aromatic rings. The third-order valence-corrected chi connectivity index (χ3v) is 12.4. The number of aliphatic hydroxyl groups is 1. The van der Waals surface area contributed by atoms with Crippen molar-refractivity contribution in [1.82, 2.24) is 9.97 Å². The van der Waals surface area contributed by atoms with Crippen molar-refractivity contribution in [2.75, 3.05) is 0 Å². The van der Waals surface area contributed by atoms with Gasteiger partial charge in [0.2, 0.25) is 0 Å². The zero-order chi connectivity index (χ0) is 35.5. The maximum atomic E-state index is 12.2. The SMILES string of the molecule is CCC(C)(CC)C(=O)/C=C(\O)C(C)(CC)CC.[Ir].[c-]1c(-c2nccc3sc4c(c23)-c2cnccc2CC4)cc(-c2ccccc2)c2ccccc12. The van der Waals surface area contributed by atoms with Crippen molar-refractivity contribution in [3.8, 4) is 33.5 Å². The molecular formula is C45H47IrN2O2S-. The fourth-order valence-corrected chi connectivity index (χ4v) is 7.98. The summed E-state index contributed by atoms with van der Waals surface area (Å²) in [5.74, 6) is 0.286. The Morgan fingerprint density at radius 3 is 2.25 bits per heavy atom. The van der Waals surface area contributed by atoms with E-state index in [4.69, 9.17) is 4.98 Å². The summed E-state index contributed by atoms with van der Waals surface area (Å²) in [6.07, 6.45) is 12.8.